The Balaban J connectivity index is 1.44. The van der Waals surface area contributed by atoms with Gasteiger partial charge in [0, 0.05) is 44.5 Å². The van der Waals surface area contributed by atoms with E-state index < -0.39 is 0 Å². The molecule has 132 valence electrons. The molecule has 1 aliphatic heterocycles. The van der Waals surface area contributed by atoms with E-state index in [0.29, 0.717) is 19.0 Å². The van der Waals surface area contributed by atoms with Gasteiger partial charge >= 0.3 is 6.03 Å². The molecule has 2 N–H and O–H groups in total. The fourth-order valence-electron chi connectivity index (χ4n) is 3.89. The van der Waals surface area contributed by atoms with Gasteiger partial charge in [-0.15, -0.1) is 0 Å². The van der Waals surface area contributed by atoms with Crippen LogP contribution in [0.15, 0.2) is 18.3 Å². The quantitative estimate of drug-likeness (QED) is 0.869. The molecule has 0 unspecified atom stereocenters. The maximum Gasteiger partial charge on any atom is 0.317 e. The minimum atomic E-state index is -0.0626. The SMILES string of the molecule is Cn1cccc1[C@H]1CCCN1C(=O)NCCC(=O)NC1CCCC1. The van der Waals surface area contributed by atoms with Gasteiger partial charge in [-0.2, -0.15) is 0 Å². The predicted molar refractivity (Wildman–Crippen MR) is 92.5 cm³/mol. The van der Waals surface area contributed by atoms with Crippen LogP contribution in [0.1, 0.15) is 56.7 Å². The van der Waals surface area contributed by atoms with Crippen molar-refractivity contribution in [2.24, 2.45) is 7.05 Å². The molecule has 1 aliphatic carbocycles. The van der Waals surface area contributed by atoms with E-state index in [2.05, 4.69) is 21.3 Å². The van der Waals surface area contributed by atoms with Crippen molar-refractivity contribution < 1.29 is 9.59 Å². The van der Waals surface area contributed by atoms with Crippen LogP contribution in [0.3, 0.4) is 0 Å². The molecule has 0 bridgehead atoms. The maximum absolute atomic E-state index is 12.5. The summed E-state index contributed by atoms with van der Waals surface area (Å²) in [6, 6.07) is 4.50. The Hall–Kier alpha value is -1.98. The number of carbonyl (C=O) groups is 2. The Bertz CT molecular complexity index is 577. The van der Waals surface area contributed by atoms with Crippen LogP contribution in [0.5, 0.6) is 0 Å². The summed E-state index contributed by atoms with van der Waals surface area (Å²) in [7, 11) is 2.01. The van der Waals surface area contributed by atoms with Gasteiger partial charge in [0.05, 0.1) is 6.04 Å². The van der Waals surface area contributed by atoms with Crippen LogP contribution in [0.25, 0.3) is 0 Å². The lowest BCUT2D eigenvalue weighted by Crippen LogP contribution is -2.42. The summed E-state index contributed by atoms with van der Waals surface area (Å²) >= 11 is 0. The maximum atomic E-state index is 12.5. The monoisotopic (exact) mass is 332 g/mol. The van der Waals surface area contributed by atoms with Crippen LogP contribution in [0.2, 0.25) is 0 Å². The summed E-state index contributed by atoms with van der Waals surface area (Å²) < 4.78 is 2.07. The number of aryl methyl sites for hydroxylation is 1. The van der Waals surface area contributed by atoms with Crippen molar-refractivity contribution in [2.75, 3.05) is 13.1 Å². The fourth-order valence-corrected chi connectivity index (χ4v) is 3.89. The molecule has 1 saturated heterocycles. The van der Waals surface area contributed by atoms with Gasteiger partial charge in [-0.3, -0.25) is 4.79 Å². The molecule has 1 aromatic heterocycles. The standard InChI is InChI=1S/C18H28N4O2/c1-21-12-4-8-15(21)16-9-5-13-22(16)18(24)19-11-10-17(23)20-14-6-2-3-7-14/h4,8,12,14,16H,2-3,5-7,9-11,13H2,1H3,(H,19,24)(H,20,23)/t16-/m1/s1. The number of carbonyl (C=O) groups excluding carboxylic acids is 2. The molecule has 0 aromatic carbocycles. The van der Waals surface area contributed by atoms with E-state index >= 15 is 0 Å². The number of rotatable bonds is 5. The van der Waals surface area contributed by atoms with E-state index in [0.717, 1.165) is 32.2 Å². The van der Waals surface area contributed by atoms with Crippen molar-refractivity contribution in [2.45, 2.75) is 57.0 Å². The third-order valence-corrected chi connectivity index (χ3v) is 5.19. The Kier molecular flexibility index (Phi) is 5.43. The highest BCUT2D eigenvalue weighted by molar-refractivity contribution is 5.78. The lowest BCUT2D eigenvalue weighted by molar-refractivity contribution is -0.121. The summed E-state index contributed by atoms with van der Waals surface area (Å²) in [6.45, 7) is 1.17. The van der Waals surface area contributed by atoms with Crippen molar-refractivity contribution in [1.82, 2.24) is 20.1 Å². The molecule has 2 fully saturated rings. The molecule has 1 saturated carbocycles. The zero-order chi connectivity index (χ0) is 16.9. The predicted octanol–water partition coefficient (Wildman–Crippen LogP) is 2.32. The van der Waals surface area contributed by atoms with E-state index in [1.165, 1.54) is 18.5 Å². The second kappa shape index (κ2) is 7.73. The first-order chi connectivity index (χ1) is 11.6. The third kappa shape index (κ3) is 3.91. The molecule has 0 spiro atoms. The van der Waals surface area contributed by atoms with Crippen LogP contribution in [-0.4, -0.2) is 40.5 Å². The zero-order valence-corrected chi connectivity index (χ0v) is 14.5. The van der Waals surface area contributed by atoms with E-state index in [1.807, 2.05) is 24.2 Å². The van der Waals surface area contributed by atoms with Gasteiger partial charge in [0.25, 0.3) is 0 Å². The number of nitrogens with one attached hydrogen (secondary N) is 2. The van der Waals surface area contributed by atoms with Gasteiger partial charge in [0.1, 0.15) is 0 Å². The second-order valence-corrected chi connectivity index (χ2v) is 6.93. The van der Waals surface area contributed by atoms with Crippen LogP contribution in [0.4, 0.5) is 4.79 Å². The first-order valence-corrected chi connectivity index (χ1v) is 9.10. The zero-order valence-electron chi connectivity index (χ0n) is 14.5. The van der Waals surface area contributed by atoms with Crippen molar-refractivity contribution in [3.8, 4) is 0 Å². The first-order valence-electron chi connectivity index (χ1n) is 9.10. The van der Waals surface area contributed by atoms with Gasteiger partial charge in [-0.25, -0.2) is 4.79 Å². The van der Waals surface area contributed by atoms with E-state index in [1.54, 1.807) is 0 Å². The molecular weight excluding hydrogens is 304 g/mol. The fraction of sp³-hybridized carbons (Fsp3) is 0.667. The van der Waals surface area contributed by atoms with Gasteiger partial charge in [-0.05, 0) is 37.8 Å². The number of nitrogens with zero attached hydrogens (tertiary/aromatic N) is 2. The Morgan fingerprint density at radius 1 is 1.21 bits per heavy atom. The summed E-state index contributed by atoms with van der Waals surface area (Å²) in [5.41, 5.74) is 1.17. The average molecular weight is 332 g/mol. The molecule has 2 heterocycles. The Morgan fingerprint density at radius 3 is 2.71 bits per heavy atom. The van der Waals surface area contributed by atoms with Crippen molar-refractivity contribution >= 4 is 11.9 Å². The highest BCUT2D eigenvalue weighted by Gasteiger charge is 2.31. The minimum Gasteiger partial charge on any atom is -0.353 e. The average Bonchev–Trinajstić information content (AvgIpc) is 3.27. The smallest absolute Gasteiger partial charge is 0.317 e. The Labute approximate surface area is 143 Å². The van der Waals surface area contributed by atoms with Crippen molar-refractivity contribution in [1.29, 1.82) is 0 Å². The molecule has 2 aliphatic rings. The molecule has 3 rings (SSSR count). The van der Waals surface area contributed by atoms with Crippen molar-refractivity contribution in [3.05, 3.63) is 24.0 Å². The molecule has 0 radical (unpaired) electrons. The summed E-state index contributed by atoms with van der Waals surface area (Å²) in [5, 5.41) is 5.96. The highest BCUT2D eigenvalue weighted by atomic mass is 16.2. The van der Waals surface area contributed by atoms with Gasteiger partial charge in [-0.1, -0.05) is 12.8 Å². The first kappa shape index (κ1) is 16.9. The highest BCUT2D eigenvalue weighted by Crippen LogP contribution is 2.31. The van der Waals surface area contributed by atoms with Crippen LogP contribution >= 0.6 is 0 Å². The lowest BCUT2D eigenvalue weighted by Gasteiger charge is -2.25. The summed E-state index contributed by atoms with van der Waals surface area (Å²) in [5.74, 6) is 0.0441. The number of aromatic nitrogens is 1. The van der Waals surface area contributed by atoms with Crippen molar-refractivity contribution in [3.63, 3.8) is 0 Å². The number of hydrogen-bond donors (Lipinski definition) is 2. The normalized spacial score (nSPS) is 21.2. The Morgan fingerprint density at radius 2 is 2.00 bits per heavy atom. The summed E-state index contributed by atoms with van der Waals surface area (Å²) in [6.07, 6.45) is 8.96. The largest absolute Gasteiger partial charge is 0.353 e. The van der Waals surface area contributed by atoms with E-state index in [-0.39, 0.29) is 18.0 Å². The molecule has 6 heteroatoms. The van der Waals surface area contributed by atoms with E-state index in [4.69, 9.17) is 0 Å². The molecule has 3 amide bonds. The molecule has 1 atom stereocenters. The van der Waals surface area contributed by atoms with Gasteiger partial charge in [0.2, 0.25) is 5.91 Å². The van der Waals surface area contributed by atoms with Gasteiger partial charge < -0.3 is 20.1 Å². The van der Waals surface area contributed by atoms with Crippen LogP contribution in [-0.2, 0) is 11.8 Å². The van der Waals surface area contributed by atoms with Crippen LogP contribution in [0, 0.1) is 0 Å². The van der Waals surface area contributed by atoms with E-state index in [9.17, 15) is 9.59 Å². The number of urea groups is 1. The summed E-state index contributed by atoms with van der Waals surface area (Å²) in [4.78, 5) is 26.3. The molecular formula is C18H28N4O2. The molecule has 1 aromatic rings. The topological polar surface area (TPSA) is 66.4 Å². The molecule has 24 heavy (non-hydrogen) atoms. The second-order valence-electron chi connectivity index (χ2n) is 6.93. The number of hydrogen-bond acceptors (Lipinski definition) is 2. The minimum absolute atomic E-state index is 0.0441. The lowest BCUT2D eigenvalue weighted by atomic mass is 10.1. The third-order valence-electron chi connectivity index (χ3n) is 5.19. The van der Waals surface area contributed by atoms with Crippen LogP contribution < -0.4 is 10.6 Å². The van der Waals surface area contributed by atoms with Gasteiger partial charge in [0.15, 0.2) is 0 Å². The molecule has 6 nitrogen and oxygen atoms in total. The number of amides is 3. The number of likely N-dealkylation sites (tertiary alicyclic amines) is 1.